The molecule has 0 radical (unpaired) electrons. The summed E-state index contributed by atoms with van der Waals surface area (Å²) in [4.78, 5) is 4.28. The zero-order valence-electron chi connectivity index (χ0n) is 9.03. The first-order chi connectivity index (χ1) is 8.00. The van der Waals surface area contributed by atoms with Gasteiger partial charge in [0.25, 0.3) is 10.1 Å². The van der Waals surface area contributed by atoms with Crippen molar-refractivity contribution in [2.45, 2.75) is 11.9 Å². The maximum Gasteiger partial charge on any atom is 0.292 e. The minimum Gasteiger partial charge on any atom is -0.363 e. The number of hydrogen-bond acceptors (Lipinski definition) is 5. The Bertz CT molecular complexity index is 587. The van der Waals surface area contributed by atoms with Crippen LogP contribution >= 0.6 is 11.3 Å². The third-order valence-corrected chi connectivity index (χ3v) is 4.36. The molecular formula is C10H11NO4S2. The highest BCUT2D eigenvalue weighted by Gasteiger charge is 2.24. The van der Waals surface area contributed by atoms with Gasteiger partial charge in [-0.25, -0.2) is 4.98 Å². The predicted octanol–water partition coefficient (Wildman–Crippen LogP) is 1.70. The minimum absolute atomic E-state index is 0.0503. The van der Waals surface area contributed by atoms with Gasteiger partial charge in [-0.2, -0.15) is 8.42 Å². The molecule has 1 N–H and O–H groups in total. The normalized spacial score (nSPS) is 14.0. The van der Waals surface area contributed by atoms with Crippen molar-refractivity contribution in [3.63, 3.8) is 0 Å². The molecule has 7 heteroatoms. The summed E-state index contributed by atoms with van der Waals surface area (Å²) in [6, 6.07) is 7.51. The van der Waals surface area contributed by atoms with Crippen molar-refractivity contribution in [3.8, 4) is 0 Å². The number of ether oxygens (including phenoxy) is 1. The predicted molar refractivity (Wildman–Crippen MR) is 65.7 cm³/mol. The van der Waals surface area contributed by atoms with Gasteiger partial charge in [-0.05, 0) is 12.1 Å². The molecule has 0 amide bonds. The van der Waals surface area contributed by atoms with Crippen LogP contribution in [0.5, 0.6) is 0 Å². The molecule has 17 heavy (non-hydrogen) atoms. The van der Waals surface area contributed by atoms with E-state index >= 15 is 0 Å². The molecule has 1 atom stereocenters. The SMILES string of the molecule is COC(Cc1nc2ccccc2s1)S(=O)(=O)O. The van der Waals surface area contributed by atoms with Crippen LogP contribution in [0, 0.1) is 0 Å². The molecule has 0 saturated heterocycles. The van der Waals surface area contributed by atoms with E-state index in [2.05, 4.69) is 4.98 Å². The van der Waals surface area contributed by atoms with Gasteiger partial charge in [0.15, 0.2) is 5.44 Å². The standard InChI is InChI=1S/C10H11NO4S2/c1-15-10(17(12,13)14)6-9-11-7-4-2-3-5-8(7)16-9/h2-5,10H,6H2,1H3,(H,12,13,14). The number of para-hydroxylation sites is 1. The molecule has 1 aromatic heterocycles. The molecule has 1 aromatic carbocycles. The molecule has 0 fully saturated rings. The molecule has 0 aliphatic rings. The lowest BCUT2D eigenvalue weighted by Gasteiger charge is -2.09. The van der Waals surface area contributed by atoms with Gasteiger partial charge >= 0.3 is 0 Å². The number of thiazole rings is 1. The molecule has 0 spiro atoms. The molecule has 0 saturated carbocycles. The zero-order chi connectivity index (χ0) is 12.5. The molecule has 0 aliphatic carbocycles. The Morgan fingerprint density at radius 1 is 1.47 bits per heavy atom. The van der Waals surface area contributed by atoms with Gasteiger partial charge in [0.1, 0.15) is 0 Å². The van der Waals surface area contributed by atoms with Crippen molar-refractivity contribution in [3.05, 3.63) is 29.3 Å². The Hall–Kier alpha value is -1.02. The van der Waals surface area contributed by atoms with Gasteiger partial charge in [-0.3, -0.25) is 4.55 Å². The van der Waals surface area contributed by atoms with Crippen LogP contribution in [-0.4, -0.2) is 30.5 Å². The lowest BCUT2D eigenvalue weighted by Crippen LogP contribution is -2.24. The highest BCUT2D eigenvalue weighted by atomic mass is 32.2. The van der Waals surface area contributed by atoms with Crippen molar-refractivity contribution in [1.82, 2.24) is 4.98 Å². The molecule has 92 valence electrons. The summed E-state index contributed by atoms with van der Waals surface area (Å²) >= 11 is 1.39. The van der Waals surface area contributed by atoms with E-state index in [1.165, 1.54) is 18.4 Å². The topological polar surface area (TPSA) is 76.5 Å². The van der Waals surface area contributed by atoms with Crippen LogP contribution in [0.3, 0.4) is 0 Å². The van der Waals surface area contributed by atoms with Crippen LogP contribution in [0.15, 0.2) is 24.3 Å². The summed E-state index contributed by atoms with van der Waals surface area (Å²) in [5, 5.41) is 0.621. The summed E-state index contributed by atoms with van der Waals surface area (Å²) in [7, 11) is -2.96. The largest absolute Gasteiger partial charge is 0.363 e. The maximum atomic E-state index is 11.0. The molecule has 0 bridgehead atoms. The van der Waals surface area contributed by atoms with Crippen LogP contribution < -0.4 is 0 Å². The highest BCUT2D eigenvalue weighted by molar-refractivity contribution is 7.86. The van der Waals surface area contributed by atoms with E-state index in [1.54, 1.807) is 0 Å². The second-order valence-corrected chi connectivity index (χ2v) is 6.13. The van der Waals surface area contributed by atoms with Crippen molar-refractivity contribution >= 4 is 31.7 Å². The zero-order valence-corrected chi connectivity index (χ0v) is 10.7. The Morgan fingerprint density at radius 3 is 2.76 bits per heavy atom. The fraction of sp³-hybridized carbons (Fsp3) is 0.300. The summed E-state index contributed by atoms with van der Waals surface area (Å²) in [5.74, 6) is 0. The fourth-order valence-electron chi connectivity index (χ4n) is 1.46. The van der Waals surface area contributed by atoms with Crippen LogP contribution in [-0.2, 0) is 21.3 Å². The minimum atomic E-state index is -4.21. The number of methoxy groups -OCH3 is 1. The Labute approximate surface area is 103 Å². The van der Waals surface area contributed by atoms with E-state index in [-0.39, 0.29) is 6.42 Å². The molecule has 5 nitrogen and oxygen atoms in total. The first-order valence-corrected chi connectivity index (χ1v) is 7.16. The van der Waals surface area contributed by atoms with Crippen molar-refractivity contribution in [2.24, 2.45) is 0 Å². The van der Waals surface area contributed by atoms with Crippen molar-refractivity contribution in [2.75, 3.05) is 7.11 Å². The first kappa shape index (κ1) is 12.4. The number of hydrogen-bond donors (Lipinski definition) is 1. The smallest absolute Gasteiger partial charge is 0.292 e. The third-order valence-electron chi connectivity index (χ3n) is 2.27. The maximum absolute atomic E-state index is 11.0. The Morgan fingerprint density at radius 2 is 2.18 bits per heavy atom. The summed E-state index contributed by atoms with van der Waals surface area (Å²) in [5.41, 5.74) is -0.444. The number of rotatable bonds is 4. The molecule has 0 aliphatic heterocycles. The molecule has 2 rings (SSSR count). The molecule has 1 unspecified atom stereocenters. The van der Waals surface area contributed by atoms with Crippen LogP contribution in [0.25, 0.3) is 10.2 Å². The Kier molecular flexibility index (Phi) is 3.43. The fourth-order valence-corrected chi connectivity index (χ4v) is 3.17. The lowest BCUT2D eigenvalue weighted by atomic mass is 10.3. The van der Waals surface area contributed by atoms with E-state index < -0.39 is 15.6 Å². The van der Waals surface area contributed by atoms with Crippen molar-refractivity contribution < 1.29 is 17.7 Å². The molecule has 1 heterocycles. The van der Waals surface area contributed by atoms with Crippen LogP contribution in [0.2, 0.25) is 0 Å². The summed E-state index contributed by atoms with van der Waals surface area (Å²) in [6.45, 7) is 0. The second kappa shape index (κ2) is 4.69. The van der Waals surface area contributed by atoms with Gasteiger partial charge in [0.05, 0.1) is 15.2 Å². The third kappa shape index (κ3) is 2.81. The van der Waals surface area contributed by atoms with Gasteiger partial charge < -0.3 is 4.74 Å². The van der Waals surface area contributed by atoms with Gasteiger partial charge in [0, 0.05) is 13.5 Å². The highest BCUT2D eigenvalue weighted by Crippen LogP contribution is 2.23. The summed E-state index contributed by atoms with van der Waals surface area (Å²) < 4.78 is 36.6. The first-order valence-electron chi connectivity index (χ1n) is 4.84. The average Bonchev–Trinajstić information content (AvgIpc) is 2.66. The number of fused-ring (bicyclic) bond motifs is 1. The van der Waals surface area contributed by atoms with Crippen molar-refractivity contribution in [1.29, 1.82) is 0 Å². The van der Waals surface area contributed by atoms with E-state index in [9.17, 15) is 8.42 Å². The van der Waals surface area contributed by atoms with Gasteiger partial charge in [-0.1, -0.05) is 12.1 Å². The van der Waals surface area contributed by atoms with E-state index in [0.29, 0.717) is 5.01 Å². The van der Waals surface area contributed by atoms with E-state index in [0.717, 1.165) is 10.2 Å². The molecule has 2 aromatic rings. The monoisotopic (exact) mass is 273 g/mol. The summed E-state index contributed by atoms with van der Waals surface area (Å²) in [6.07, 6.45) is 0.0503. The average molecular weight is 273 g/mol. The van der Waals surface area contributed by atoms with Gasteiger partial charge in [0.2, 0.25) is 0 Å². The second-order valence-electron chi connectivity index (χ2n) is 3.46. The van der Waals surface area contributed by atoms with E-state index in [1.807, 2.05) is 24.3 Å². The number of aromatic nitrogens is 1. The van der Waals surface area contributed by atoms with Gasteiger partial charge in [-0.15, -0.1) is 11.3 Å². The quantitative estimate of drug-likeness (QED) is 0.858. The number of nitrogens with zero attached hydrogens (tertiary/aromatic N) is 1. The Balaban J connectivity index is 2.29. The van der Waals surface area contributed by atoms with E-state index in [4.69, 9.17) is 9.29 Å². The van der Waals surface area contributed by atoms with Crippen LogP contribution in [0.1, 0.15) is 5.01 Å². The van der Waals surface area contributed by atoms with Crippen LogP contribution in [0.4, 0.5) is 0 Å². The molecular weight excluding hydrogens is 262 g/mol. The lowest BCUT2D eigenvalue weighted by molar-refractivity contribution is 0.155. The number of benzene rings is 1.